The summed E-state index contributed by atoms with van der Waals surface area (Å²) in [5.74, 6) is -0.343. The standard InChI is InChI=1S/C18H14FN3O4S2/c1-26-13-6-7-14(16(8-13)22(24)25)20-17(23)10-28-18-21-15(9-27-18)11-2-4-12(19)5-3-11/h2-9H,10H2,1H3,(H,20,23). The molecule has 1 aromatic heterocycles. The van der Waals surface area contributed by atoms with Crippen molar-refractivity contribution >= 4 is 40.4 Å². The number of nitrogens with zero attached hydrogens (tertiary/aromatic N) is 2. The Hall–Kier alpha value is -2.98. The van der Waals surface area contributed by atoms with Crippen LogP contribution in [0.25, 0.3) is 11.3 Å². The van der Waals surface area contributed by atoms with Gasteiger partial charge < -0.3 is 10.1 Å². The van der Waals surface area contributed by atoms with Gasteiger partial charge in [0.1, 0.15) is 17.3 Å². The number of anilines is 1. The molecule has 0 aliphatic rings. The zero-order valence-corrected chi connectivity index (χ0v) is 16.2. The third-order valence-electron chi connectivity index (χ3n) is 3.63. The minimum absolute atomic E-state index is 0.0412. The third kappa shape index (κ3) is 4.84. The van der Waals surface area contributed by atoms with E-state index >= 15 is 0 Å². The molecule has 1 N–H and O–H groups in total. The summed E-state index contributed by atoms with van der Waals surface area (Å²) < 4.78 is 18.6. The van der Waals surface area contributed by atoms with Gasteiger partial charge in [0.25, 0.3) is 5.69 Å². The van der Waals surface area contributed by atoms with Gasteiger partial charge in [-0.05, 0) is 36.4 Å². The van der Waals surface area contributed by atoms with E-state index < -0.39 is 10.8 Å². The van der Waals surface area contributed by atoms with Gasteiger partial charge in [-0.15, -0.1) is 11.3 Å². The molecule has 3 aromatic rings. The maximum Gasteiger partial charge on any atom is 0.296 e. The van der Waals surface area contributed by atoms with E-state index in [1.165, 1.54) is 60.5 Å². The number of benzene rings is 2. The summed E-state index contributed by atoms with van der Waals surface area (Å²) in [6.45, 7) is 0. The van der Waals surface area contributed by atoms with Gasteiger partial charge in [-0.2, -0.15) is 0 Å². The highest BCUT2D eigenvalue weighted by molar-refractivity contribution is 8.01. The molecule has 0 bridgehead atoms. The predicted molar refractivity (Wildman–Crippen MR) is 107 cm³/mol. The van der Waals surface area contributed by atoms with Crippen molar-refractivity contribution < 1.29 is 18.8 Å². The maximum atomic E-state index is 13.0. The predicted octanol–water partition coefficient (Wildman–Crippen LogP) is 4.60. The normalized spacial score (nSPS) is 10.5. The lowest BCUT2D eigenvalue weighted by Gasteiger charge is -2.07. The van der Waals surface area contributed by atoms with Crippen LogP contribution in [0.1, 0.15) is 0 Å². The zero-order valence-electron chi connectivity index (χ0n) is 14.5. The van der Waals surface area contributed by atoms with E-state index in [9.17, 15) is 19.3 Å². The summed E-state index contributed by atoms with van der Waals surface area (Å²) in [5.41, 5.74) is 1.33. The highest BCUT2D eigenvalue weighted by Crippen LogP contribution is 2.31. The Labute approximate surface area is 167 Å². The number of halogens is 1. The maximum absolute atomic E-state index is 13.0. The van der Waals surface area contributed by atoms with Crippen LogP contribution in [-0.4, -0.2) is 28.7 Å². The number of carbonyl (C=O) groups is 1. The van der Waals surface area contributed by atoms with Gasteiger partial charge >= 0.3 is 0 Å². The number of thioether (sulfide) groups is 1. The lowest BCUT2D eigenvalue weighted by atomic mass is 10.2. The van der Waals surface area contributed by atoms with Crippen LogP contribution in [0.5, 0.6) is 5.75 Å². The van der Waals surface area contributed by atoms with Crippen molar-refractivity contribution in [1.82, 2.24) is 4.98 Å². The molecule has 144 valence electrons. The summed E-state index contributed by atoms with van der Waals surface area (Å²) in [5, 5.41) is 15.5. The highest BCUT2D eigenvalue weighted by atomic mass is 32.2. The summed E-state index contributed by atoms with van der Waals surface area (Å²) in [4.78, 5) is 27.2. The number of carbonyl (C=O) groups excluding carboxylic acids is 1. The number of rotatable bonds is 7. The molecule has 0 spiro atoms. The molecule has 3 rings (SSSR count). The lowest BCUT2D eigenvalue weighted by molar-refractivity contribution is -0.384. The van der Waals surface area contributed by atoms with Crippen LogP contribution in [0.2, 0.25) is 0 Å². The molecule has 0 aliphatic heterocycles. The number of nitro benzene ring substituents is 1. The molecule has 0 saturated heterocycles. The Morgan fingerprint density at radius 1 is 1.32 bits per heavy atom. The molecule has 0 unspecified atom stereocenters. The van der Waals surface area contributed by atoms with Crippen LogP contribution >= 0.6 is 23.1 Å². The van der Waals surface area contributed by atoms with Crippen molar-refractivity contribution in [2.24, 2.45) is 0 Å². The second kappa shape index (κ2) is 8.81. The molecule has 7 nitrogen and oxygen atoms in total. The first-order valence-corrected chi connectivity index (χ1v) is 9.79. The van der Waals surface area contributed by atoms with E-state index in [-0.39, 0.29) is 22.9 Å². The van der Waals surface area contributed by atoms with E-state index in [2.05, 4.69) is 10.3 Å². The van der Waals surface area contributed by atoms with Crippen LogP contribution in [0.3, 0.4) is 0 Å². The van der Waals surface area contributed by atoms with Crippen molar-refractivity contribution in [1.29, 1.82) is 0 Å². The third-order valence-corrected chi connectivity index (χ3v) is 5.65. The topological polar surface area (TPSA) is 94.4 Å². The van der Waals surface area contributed by atoms with Crippen molar-refractivity contribution in [3.8, 4) is 17.0 Å². The SMILES string of the molecule is COc1ccc(NC(=O)CSc2nc(-c3ccc(F)cc3)cs2)c([N+](=O)[O-])c1. The number of nitrogens with one attached hydrogen (secondary N) is 1. The Kier molecular flexibility index (Phi) is 6.22. The second-order valence-corrected chi connectivity index (χ2v) is 7.56. The number of thiazole rings is 1. The van der Waals surface area contributed by atoms with Gasteiger partial charge in [-0.3, -0.25) is 14.9 Å². The van der Waals surface area contributed by atoms with E-state index in [0.29, 0.717) is 15.8 Å². The van der Waals surface area contributed by atoms with E-state index in [4.69, 9.17) is 4.74 Å². The molecule has 0 saturated carbocycles. The smallest absolute Gasteiger partial charge is 0.296 e. The molecule has 0 fully saturated rings. The summed E-state index contributed by atoms with van der Waals surface area (Å²) in [6, 6.07) is 10.2. The van der Waals surface area contributed by atoms with Crippen LogP contribution in [-0.2, 0) is 4.79 Å². The Bertz CT molecular complexity index is 1010. The lowest BCUT2D eigenvalue weighted by Crippen LogP contribution is -2.15. The van der Waals surface area contributed by atoms with Crippen LogP contribution in [0.15, 0.2) is 52.2 Å². The molecule has 0 aliphatic carbocycles. The Morgan fingerprint density at radius 3 is 2.75 bits per heavy atom. The Morgan fingerprint density at radius 2 is 2.07 bits per heavy atom. The van der Waals surface area contributed by atoms with Gasteiger partial charge in [-0.1, -0.05) is 11.8 Å². The zero-order chi connectivity index (χ0) is 20.1. The number of amides is 1. The summed E-state index contributed by atoms with van der Waals surface area (Å²) in [7, 11) is 1.40. The van der Waals surface area contributed by atoms with Crippen LogP contribution in [0, 0.1) is 15.9 Å². The number of aromatic nitrogens is 1. The van der Waals surface area contributed by atoms with Gasteiger partial charge in [0, 0.05) is 10.9 Å². The van der Waals surface area contributed by atoms with E-state index in [1.807, 2.05) is 5.38 Å². The number of hydrogen-bond acceptors (Lipinski definition) is 7. The molecule has 10 heteroatoms. The second-order valence-electron chi connectivity index (χ2n) is 5.48. The first-order valence-electron chi connectivity index (χ1n) is 7.93. The van der Waals surface area contributed by atoms with Crippen molar-refractivity contribution in [3.05, 3.63) is 63.8 Å². The minimum atomic E-state index is -0.582. The molecule has 1 amide bonds. The van der Waals surface area contributed by atoms with Crippen molar-refractivity contribution in [2.75, 3.05) is 18.2 Å². The number of nitro groups is 1. The summed E-state index contributed by atoms with van der Waals surface area (Å²) in [6.07, 6.45) is 0. The molecular formula is C18H14FN3O4S2. The van der Waals surface area contributed by atoms with Crippen molar-refractivity contribution in [2.45, 2.75) is 4.34 Å². The highest BCUT2D eigenvalue weighted by Gasteiger charge is 2.17. The fraction of sp³-hybridized carbons (Fsp3) is 0.111. The quantitative estimate of drug-likeness (QED) is 0.342. The Balaban J connectivity index is 1.62. The van der Waals surface area contributed by atoms with E-state index in [1.54, 1.807) is 12.1 Å². The molecule has 1 heterocycles. The van der Waals surface area contributed by atoms with Gasteiger partial charge in [0.2, 0.25) is 5.91 Å². The molecule has 2 aromatic carbocycles. The molecule has 0 radical (unpaired) electrons. The van der Waals surface area contributed by atoms with Crippen LogP contribution < -0.4 is 10.1 Å². The average Bonchev–Trinajstić information content (AvgIpc) is 3.16. The van der Waals surface area contributed by atoms with Gasteiger partial charge in [0.05, 0.1) is 29.5 Å². The first-order chi connectivity index (χ1) is 13.5. The van der Waals surface area contributed by atoms with Crippen LogP contribution in [0.4, 0.5) is 15.8 Å². The first kappa shape index (κ1) is 19.8. The number of hydrogen-bond donors (Lipinski definition) is 1. The number of methoxy groups -OCH3 is 1. The summed E-state index contributed by atoms with van der Waals surface area (Å²) >= 11 is 2.58. The largest absolute Gasteiger partial charge is 0.496 e. The fourth-order valence-electron chi connectivity index (χ4n) is 2.29. The molecule has 0 atom stereocenters. The average molecular weight is 419 g/mol. The van der Waals surface area contributed by atoms with Gasteiger partial charge in [0.15, 0.2) is 4.34 Å². The number of ether oxygens (including phenoxy) is 1. The molecular weight excluding hydrogens is 405 g/mol. The monoisotopic (exact) mass is 419 g/mol. The van der Waals surface area contributed by atoms with Gasteiger partial charge in [-0.25, -0.2) is 9.37 Å². The van der Waals surface area contributed by atoms with E-state index in [0.717, 1.165) is 5.56 Å². The minimum Gasteiger partial charge on any atom is -0.496 e. The van der Waals surface area contributed by atoms with Crippen molar-refractivity contribution in [3.63, 3.8) is 0 Å². The fourth-order valence-corrected chi connectivity index (χ4v) is 3.92. The molecule has 28 heavy (non-hydrogen) atoms.